The van der Waals surface area contributed by atoms with Crippen LogP contribution < -0.4 is 0 Å². The zero-order chi connectivity index (χ0) is 8.65. The van der Waals surface area contributed by atoms with Gasteiger partial charge in [0, 0.05) is 0 Å². The van der Waals surface area contributed by atoms with Crippen molar-refractivity contribution in [1.82, 2.24) is 0 Å². The van der Waals surface area contributed by atoms with Gasteiger partial charge in [-0.3, -0.25) is 0 Å². The first-order chi connectivity index (χ1) is 5.93. The van der Waals surface area contributed by atoms with Crippen LogP contribution in [0.15, 0.2) is 24.3 Å². The van der Waals surface area contributed by atoms with Crippen molar-refractivity contribution in [2.45, 2.75) is 13.0 Å². The highest BCUT2D eigenvalue weighted by Crippen LogP contribution is 1.99. The van der Waals surface area contributed by atoms with Gasteiger partial charge in [-0.05, 0) is 11.6 Å². The van der Waals surface area contributed by atoms with Crippen molar-refractivity contribution in [3.63, 3.8) is 0 Å². The first kappa shape index (κ1) is 8.76. The van der Waals surface area contributed by atoms with E-state index in [9.17, 15) is 0 Å². The maximum atomic E-state index is 8.23. The molecule has 0 aliphatic heterocycles. The Bertz CT molecular complexity index is 250. The highest BCUT2D eigenvalue weighted by Gasteiger charge is 1.90. The van der Waals surface area contributed by atoms with Crippen LogP contribution in [0, 0.1) is 17.4 Å². The molecule has 1 rings (SSSR count). The molecule has 12 heavy (non-hydrogen) atoms. The van der Waals surface area contributed by atoms with Gasteiger partial charge in [-0.2, -0.15) is 5.26 Å². The third-order valence-electron chi connectivity index (χ3n) is 1.41. The lowest BCUT2D eigenvalue weighted by Gasteiger charge is -2.00. The van der Waals surface area contributed by atoms with Crippen molar-refractivity contribution in [1.29, 1.82) is 5.26 Å². The SMILES string of the molecule is N#CCCOCc1cc[c]cc1. The van der Waals surface area contributed by atoms with Crippen molar-refractivity contribution >= 4 is 0 Å². The third-order valence-corrected chi connectivity index (χ3v) is 1.41. The van der Waals surface area contributed by atoms with Crippen molar-refractivity contribution in [3.8, 4) is 6.07 Å². The molecule has 2 nitrogen and oxygen atoms in total. The summed E-state index contributed by atoms with van der Waals surface area (Å²) in [4.78, 5) is 0. The molecule has 0 saturated heterocycles. The molecule has 0 saturated carbocycles. The zero-order valence-electron chi connectivity index (χ0n) is 6.79. The Morgan fingerprint density at radius 3 is 2.83 bits per heavy atom. The standard InChI is InChI=1S/C10H10NO/c11-7-4-8-12-9-10-5-2-1-3-6-10/h2-3,5-6H,4,8-9H2. The van der Waals surface area contributed by atoms with Crippen LogP contribution >= 0.6 is 0 Å². The Balaban J connectivity index is 2.21. The van der Waals surface area contributed by atoms with E-state index < -0.39 is 0 Å². The van der Waals surface area contributed by atoms with Crippen LogP contribution in [-0.4, -0.2) is 6.61 Å². The van der Waals surface area contributed by atoms with E-state index in [0.717, 1.165) is 5.56 Å². The first-order valence-electron chi connectivity index (χ1n) is 3.83. The van der Waals surface area contributed by atoms with Gasteiger partial charge in [-0.1, -0.05) is 24.3 Å². The Kier molecular flexibility index (Phi) is 3.90. The molecule has 0 aliphatic rings. The van der Waals surface area contributed by atoms with Gasteiger partial charge >= 0.3 is 0 Å². The molecule has 2 heteroatoms. The van der Waals surface area contributed by atoms with Crippen LogP contribution in [0.3, 0.4) is 0 Å². The topological polar surface area (TPSA) is 33.0 Å². The van der Waals surface area contributed by atoms with Gasteiger partial charge in [0.1, 0.15) is 0 Å². The molecule has 0 N–H and O–H groups in total. The van der Waals surface area contributed by atoms with Gasteiger partial charge in [-0.15, -0.1) is 0 Å². The van der Waals surface area contributed by atoms with Crippen molar-refractivity contribution in [2.24, 2.45) is 0 Å². The molecule has 0 bridgehead atoms. The number of hydrogen-bond donors (Lipinski definition) is 0. The van der Waals surface area contributed by atoms with Gasteiger partial charge in [0.05, 0.1) is 25.7 Å². The quantitative estimate of drug-likeness (QED) is 0.630. The summed E-state index contributed by atoms with van der Waals surface area (Å²) in [5.41, 5.74) is 1.12. The van der Waals surface area contributed by atoms with Crippen LogP contribution in [0.1, 0.15) is 12.0 Å². The minimum absolute atomic E-state index is 0.457. The first-order valence-corrected chi connectivity index (χ1v) is 3.83. The van der Waals surface area contributed by atoms with Crippen LogP contribution in [0.4, 0.5) is 0 Å². The summed E-state index contributed by atoms with van der Waals surface area (Å²) < 4.78 is 5.22. The second kappa shape index (κ2) is 5.34. The molecule has 61 valence electrons. The zero-order valence-corrected chi connectivity index (χ0v) is 6.79. The third kappa shape index (κ3) is 3.18. The monoisotopic (exact) mass is 160 g/mol. The maximum Gasteiger partial charge on any atom is 0.0717 e. The van der Waals surface area contributed by atoms with Crippen LogP contribution in [0.25, 0.3) is 0 Å². The number of rotatable bonds is 4. The van der Waals surface area contributed by atoms with Crippen LogP contribution in [0.5, 0.6) is 0 Å². The largest absolute Gasteiger partial charge is 0.376 e. The molecule has 1 aromatic carbocycles. The van der Waals surface area contributed by atoms with Gasteiger partial charge in [0.2, 0.25) is 0 Å². The molecule has 1 aromatic rings. The smallest absolute Gasteiger partial charge is 0.0717 e. The fourth-order valence-corrected chi connectivity index (χ4v) is 0.825. The normalized spacial score (nSPS) is 9.25. The Morgan fingerprint density at radius 1 is 1.42 bits per heavy atom. The number of nitrogens with zero attached hydrogens (tertiary/aromatic N) is 1. The van der Waals surface area contributed by atoms with E-state index in [4.69, 9.17) is 10.00 Å². The molecule has 0 aromatic heterocycles. The number of nitriles is 1. The van der Waals surface area contributed by atoms with E-state index >= 15 is 0 Å². The Labute approximate surface area is 72.4 Å². The second-order valence-electron chi connectivity index (χ2n) is 2.37. The molecule has 0 heterocycles. The molecule has 0 spiro atoms. The molecule has 1 radical (unpaired) electrons. The predicted molar refractivity (Wildman–Crippen MR) is 45.2 cm³/mol. The number of hydrogen-bond acceptors (Lipinski definition) is 2. The molecule has 0 amide bonds. The van der Waals surface area contributed by atoms with Gasteiger partial charge in [-0.25, -0.2) is 0 Å². The average molecular weight is 160 g/mol. The fraction of sp³-hybridized carbons (Fsp3) is 0.300. The van der Waals surface area contributed by atoms with E-state index in [1.165, 1.54) is 0 Å². The van der Waals surface area contributed by atoms with Crippen molar-refractivity contribution in [3.05, 3.63) is 35.9 Å². The summed E-state index contributed by atoms with van der Waals surface area (Å²) in [6.07, 6.45) is 0.457. The predicted octanol–water partition coefficient (Wildman–Crippen LogP) is 1.92. The van der Waals surface area contributed by atoms with Crippen LogP contribution in [0.2, 0.25) is 0 Å². The lowest BCUT2D eigenvalue weighted by Crippen LogP contribution is -1.93. The van der Waals surface area contributed by atoms with E-state index in [2.05, 4.69) is 6.07 Å². The lowest BCUT2D eigenvalue weighted by atomic mass is 10.2. The highest BCUT2D eigenvalue weighted by atomic mass is 16.5. The molecule has 0 aliphatic carbocycles. The van der Waals surface area contributed by atoms with Crippen LogP contribution in [-0.2, 0) is 11.3 Å². The maximum absolute atomic E-state index is 8.23. The summed E-state index contributed by atoms with van der Waals surface area (Å²) >= 11 is 0. The minimum atomic E-state index is 0.457. The molecule has 0 fully saturated rings. The average Bonchev–Trinajstić information content (AvgIpc) is 2.14. The fourth-order valence-electron chi connectivity index (χ4n) is 0.825. The van der Waals surface area contributed by atoms with Gasteiger partial charge in [0.25, 0.3) is 0 Å². The Hall–Kier alpha value is -1.33. The number of ether oxygens (including phenoxy) is 1. The summed E-state index contributed by atoms with van der Waals surface area (Å²) in [6.45, 7) is 1.09. The summed E-state index contributed by atoms with van der Waals surface area (Å²) in [6, 6.07) is 12.6. The number of benzene rings is 1. The van der Waals surface area contributed by atoms with Gasteiger partial charge in [0.15, 0.2) is 0 Å². The highest BCUT2D eigenvalue weighted by molar-refractivity contribution is 5.12. The second-order valence-corrected chi connectivity index (χ2v) is 2.37. The van der Waals surface area contributed by atoms with E-state index in [1.54, 1.807) is 0 Å². The van der Waals surface area contributed by atoms with Crippen molar-refractivity contribution < 1.29 is 4.74 Å². The lowest BCUT2D eigenvalue weighted by molar-refractivity contribution is 0.126. The summed E-state index contributed by atoms with van der Waals surface area (Å²) in [5.74, 6) is 0. The molecule has 0 unspecified atom stereocenters. The minimum Gasteiger partial charge on any atom is -0.376 e. The van der Waals surface area contributed by atoms with Gasteiger partial charge < -0.3 is 4.74 Å². The molecular formula is C10H10NO. The molecular weight excluding hydrogens is 150 g/mol. The van der Waals surface area contributed by atoms with E-state index in [1.807, 2.05) is 30.3 Å². The van der Waals surface area contributed by atoms with E-state index in [0.29, 0.717) is 19.6 Å². The summed E-state index contributed by atoms with van der Waals surface area (Å²) in [7, 11) is 0. The summed E-state index contributed by atoms with van der Waals surface area (Å²) in [5, 5.41) is 8.23. The Morgan fingerprint density at radius 2 is 2.17 bits per heavy atom. The van der Waals surface area contributed by atoms with E-state index in [-0.39, 0.29) is 0 Å². The van der Waals surface area contributed by atoms with Crippen molar-refractivity contribution in [2.75, 3.05) is 6.61 Å². The molecule has 0 atom stereocenters.